The van der Waals surface area contributed by atoms with Crippen LogP contribution in [0.4, 0.5) is 0 Å². The molecule has 148 valence electrons. The van der Waals surface area contributed by atoms with Crippen LogP contribution in [0.15, 0.2) is 60.8 Å². The van der Waals surface area contributed by atoms with Crippen LogP contribution in [0.3, 0.4) is 0 Å². The molecule has 0 radical (unpaired) electrons. The van der Waals surface area contributed by atoms with Crippen molar-refractivity contribution in [2.45, 2.75) is 0 Å². The summed E-state index contributed by atoms with van der Waals surface area (Å²) in [6, 6.07) is 17.1. The van der Waals surface area contributed by atoms with Gasteiger partial charge in [0.1, 0.15) is 5.69 Å². The van der Waals surface area contributed by atoms with E-state index in [4.69, 9.17) is 4.74 Å². The number of hydrogen-bond donors (Lipinski definition) is 0. The van der Waals surface area contributed by atoms with E-state index in [1.54, 1.807) is 29.3 Å². The maximum absolute atomic E-state index is 13.0. The number of fused-ring (bicyclic) bond motifs is 2. The van der Waals surface area contributed by atoms with Crippen LogP contribution in [-0.4, -0.2) is 53.4 Å². The summed E-state index contributed by atoms with van der Waals surface area (Å²) >= 11 is 0. The summed E-state index contributed by atoms with van der Waals surface area (Å²) < 4.78 is 5.36. The molecule has 4 aromatic rings. The minimum atomic E-state index is -0.0262. The number of carbonyl (C=O) groups excluding carboxylic acids is 2. The molecule has 1 aliphatic rings. The maximum Gasteiger partial charge on any atom is 0.254 e. The van der Waals surface area contributed by atoms with E-state index in [1.165, 1.54) is 0 Å². The van der Waals surface area contributed by atoms with Crippen LogP contribution in [0.25, 0.3) is 32.9 Å². The van der Waals surface area contributed by atoms with Gasteiger partial charge in [-0.15, -0.1) is 0 Å². The second kappa shape index (κ2) is 7.65. The average molecular weight is 397 g/mol. The number of hydrogen-bond acceptors (Lipinski definition) is 5. The fourth-order valence-electron chi connectivity index (χ4n) is 3.93. The van der Waals surface area contributed by atoms with Crippen molar-refractivity contribution in [3.63, 3.8) is 0 Å². The van der Waals surface area contributed by atoms with Gasteiger partial charge in [-0.1, -0.05) is 24.3 Å². The van der Waals surface area contributed by atoms with E-state index in [-0.39, 0.29) is 5.91 Å². The van der Waals surface area contributed by atoms with Crippen LogP contribution >= 0.6 is 0 Å². The van der Waals surface area contributed by atoms with Gasteiger partial charge in [0, 0.05) is 41.2 Å². The highest BCUT2D eigenvalue weighted by Crippen LogP contribution is 2.33. The number of carbonyl (C=O) groups is 2. The fourth-order valence-corrected chi connectivity index (χ4v) is 3.93. The summed E-state index contributed by atoms with van der Waals surface area (Å²) in [5.74, 6) is -0.0262. The molecular weight excluding hydrogens is 378 g/mol. The number of benzene rings is 2. The first-order chi connectivity index (χ1) is 14.7. The van der Waals surface area contributed by atoms with E-state index in [0.717, 1.165) is 33.7 Å². The highest BCUT2D eigenvalue weighted by molar-refractivity contribution is 6.07. The van der Waals surface area contributed by atoms with Gasteiger partial charge in [0.25, 0.3) is 5.91 Å². The van der Waals surface area contributed by atoms with E-state index in [2.05, 4.69) is 9.97 Å². The highest BCUT2D eigenvalue weighted by atomic mass is 16.5. The minimum Gasteiger partial charge on any atom is -0.378 e. The van der Waals surface area contributed by atoms with Crippen molar-refractivity contribution in [3.05, 3.63) is 72.1 Å². The van der Waals surface area contributed by atoms with E-state index in [0.29, 0.717) is 43.1 Å². The third kappa shape index (κ3) is 3.21. The van der Waals surface area contributed by atoms with E-state index in [9.17, 15) is 9.59 Å². The number of pyridine rings is 2. The summed E-state index contributed by atoms with van der Waals surface area (Å²) in [7, 11) is 0. The van der Waals surface area contributed by atoms with E-state index < -0.39 is 0 Å². The summed E-state index contributed by atoms with van der Waals surface area (Å²) in [4.78, 5) is 35.3. The van der Waals surface area contributed by atoms with Gasteiger partial charge in [-0.25, -0.2) is 4.98 Å². The molecular formula is C24H19N3O3. The third-order valence-electron chi connectivity index (χ3n) is 5.42. The molecule has 0 spiro atoms. The Balaban J connectivity index is 1.71. The molecule has 30 heavy (non-hydrogen) atoms. The van der Waals surface area contributed by atoms with Gasteiger partial charge in [-0.05, 0) is 35.9 Å². The summed E-state index contributed by atoms with van der Waals surface area (Å²) in [5.41, 5.74) is 4.19. The lowest BCUT2D eigenvalue weighted by Gasteiger charge is -2.27. The number of morpholine rings is 1. The van der Waals surface area contributed by atoms with Gasteiger partial charge in [-0.2, -0.15) is 0 Å². The first kappa shape index (κ1) is 18.4. The van der Waals surface area contributed by atoms with Gasteiger partial charge < -0.3 is 9.64 Å². The summed E-state index contributed by atoms with van der Waals surface area (Å²) in [5, 5.41) is 1.83. The second-order valence-electron chi connectivity index (χ2n) is 7.23. The lowest BCUT2D eigenvalue weighted by Crippen LogP contribution is -2.40. The number of ether oxygens (including phenoxy) is 1. The molecule has 1 saturated heterocycles. The fraction of sp³-hybridized carbons (Fsp3) is 0.167. The van der Waals surface area contributed by atoms with Crippen molar-refractivity contribution >= 4 is 34.0 Å². The smallest absolute Gasteiger partial charge is 0.254 e. The Kier molecular flexibility index (Phi) is 4.69. The lowest BCUT2D eigenvalue weighted by molar-refractivity contribution is 0.0303. The molecule has 6 nitrogen and oxygen atoms in total. The molecule has 0 unspecified atom stereocenters. The quantitative estimate of drug-likeness (QED) is 0.493. The standard InChI is InChI=1S/C24H19N3O3/c28-15-18-14-20(19-5-1-3-16-4-2-8-25-23(16)19)21-13-17(6-7-22(21)26-18)24(29)27-9-11-30-12-10-27/h1-8,13-15H,9-12H2. The number of nitrogens with zero attached hydrogens (tertiary/aromatic N) is 3. The summed E-state index contributed by atoms with van der Waals surface area (Å²) in [6.45, 7) is 2.27. The number of amides is 1. The number of aromatic nitrogens is 2. The largest absolute Gasteiger partial charge is 0.378 e. The molecule has 0 atom stereocenters. The Bertz CT molecular complexity index is 1270. The first-order valence-corrected chi connectivity index (χ1v) is 9.86. The zero-order chi connectivity index (χ0) is 20.5. The van der Waals surface area contributed by atoms with Crippen LogP contribution in [0.2, 0.25) is 0 Å². The molecule has 0 aliphatic carbocycles. The predicted molar refractivity (Wildman–Crippen MR) is 115 cm³/mol. The lowest BCUT2D eigenvalue weighted by atomic mass is 9.96. The normalized spacial score (nSPS) is 14.2. The second-order valence-corrected chi connectivity index (χ2v) is 7.23. The van der Waals surface area contributed by atoms with Crippen LogP contribution in [0, 0.1) is 0 Å². The van der Waals surface area contributed by atoms with Crippen molar-refractivity contribution in [2.75, 3.05) is 26.3 Å². The van der Waals surface area contributed by atoms with Gasteiger partial charge in [0.2, 0.25) is 0 Å². The molecule has 0 N–H and O–H groups in total. The maximum atomic E-state index is 13.0. The van der Waals surface area contributed by atoms with Crippen molar-refractivity contribution < 1.29 is 14.3 Å². The van der Waals surface area contributed by atoms with Gasteiger partial charge >= 0.3 is 0 Å². The molecule has 5 rings (SSSR count). The van der Waals surface area contributed by atoms with Crippen LogP contribution in [0.1, 0.15) is 20.8 Å². The SMILES string of the molecule is O=Cc1cc(-c2cccc3cccnc23)c2cc(C(=O)N3CCOCC3)ccc2n1. The molecule has 1 fully saturated rings. The molecule has 2 aromatic carbocycles. The number of aldehydes is 1. The first-order valence-electron chi connectivity index (χ1n) is 9.86. The molecule has 2 aromatic heterocycles. The molecule has 1 aliphatic heterocycles. The summed E-state index contributed by atoms with van der Waals surface area (Å²) in [6.07, 6.45) is 2.50. The highest BCUT2D eigenvalue weighted by Gasteiger charge is 2.20. The molecule has 1 amide bonds. The van der Waals surface area contributed by atoms with Crippen molar-refractivity contribution in [1.29, 1.82) is 0 Å². The van der Waals surface area contributed by atoms with Crippen molar-refractivity contribution in [3.8, 4) is 11.1 Å². The topological polar surface area (TPSA) is 72.4 Å². The zero-order valence-electron chi connectivity index (χ0n) is 16.2. The van der Waals surface area contributed by atoms with Crippen LogP contribution in [-0.2, 0) is 4.74 Å². The Morgan fingerprint density at radius 2 is 1.83 bits per heavy atom. The molecule has 3 heterocycles. The van der Waals surface area contributed by atoms with E-state index in [1.807, 2.05) is 36.4 Å². The zero-order valence-corrected chi connectivity index (χ0v) is 16.2. The number of para-hydroxylation sites is 1. The Morgan fingerprint density at radius 1 is 1.00 bits per heavy atom. The molecule has 0 bridgehead atoms. The Labute approximate surface area is 173 Å². The van der Waals surface area contributed by atoms with Gasteiger partial charge in [0.15, 0.2) is 6.29 Å². The Hall–Kier alpha value is -3.64. The van der Waals surface area contributed by atoms with Gasteiger partial charge in [0.05, 0.1) is 24.2 Å². The molecule has 6 heteroatoms. The van der Waals surface area contributed by atoms with Crippen LogP contribution < -0.4 is 0 Å². The monoisotopic (exact) mass is 397 g/mol. The van der Waals surface area contributed by atoms with Crippen LogP contribution in [0.5, 0.6) is 0 Å². The molecule has 0 saturated carbocycles. The predicted octanol–water partition coefficient (Wildman–Crippen LogP) is 3.73. The minimum absolute atomic E-state index is 0.0262. The van der Waals surface area contributed by atoms with Crippen molar-refractivity contribution in [1.82, 2.24) is 14.9 Å². The average Bonchev–Trinajstić information content (AvgIpc) is 2.82. The Morgan fingerprint density at radius 3 is 2.67 bits per heavy atom. The van der Waals surface area contributed by atoms with E-state index >= 15 is 0 Å². The third-order valence-corrected chi connectivity index (χ3v) is 5.42. The number of rotatable bonds is 3. The van der Waals surface area contributed by atoms with Gasteiger partial charge in [-0.3, -0.25) is 14.6 Å². The van der Waals surface area contributed by atoms with Crippen molar-refractivity contribution in [2.24, 2.45) is 0 Å².